The van der Waals surface area contributed by atoms with E-state index in [1.165, 1.54) is 31.2 Å². The first-order valence-electron chi connectivity index (χ1n) is 4.69. The van der Waals surface area contributed by atoms with Crippen LogP contribution in [-0.4, -0.2) is 4.98 Å². The zero-order valence-electron chi connectivity index (χ0n) is 7.46. The van der Waals surface area contributed by atoms with Gasteiger partial charge in [-0.15, -0.1) is 0 Å². The second-order valence-electron chi connectivity index (χ2n) is 3.57. The first kappa shape index (κ1) is 9.00. The van der Waals surface area contributed by atoms with Crippen molar-refractivity contribution in [2.45, 2.75) is 31.6 Å². The SMILES string of the molecule is Nc1nccc(Br)c1C1CCCC1. The van der Waals surface area contributed by atoms with Crippen molar-refractivity contribution in [3.63, 3.8) is 0 Å². The van der Waals surface area contributed by atoms with Crippen LogP contribution in [0.4, 0.5) is 5.82 Å². The number of nitrogens with two attached hydrogens (primary N) is 1. The largest absolute Gasteiger partial charge is 0.383 e. The molecule has 0 amide bonds. The number of rotatable bonds is 1. The Morgan fingerprint density at radius 2 is 2.08 bits per heavy atom. The smallest absolute Gasteiger partial charge is 0.127 e. The maximum absolute atomic E-state index is 5.86. The highest BCUT2D eigenvalue weighted by Gasteiger charge is 2.21. The molecule has 1 aromatic rings. The first-order valence-corrected chi connectivity index (χ1v) is 5.48. The molecule has 1 aromatic heterocycles. The van der Waals surface area contributed by atoms with E-state index < -0.39 is 0 Å². The van der Waals surface area contributed by atoms with Gasteiger partial charge in [0, 0.05) is 16.2 Å². The highest BCUT2D eigenvalue weighted by Crippen LogP contribution is 2.39. The number of aromatic nitrogens is 1. The number of nitrogen functional groups attached to an aromatic ring is 1. The predicted molar refractivity (Wildman–Crippen MR) is 57.6 cm³/mol. The molecule has 1 fully saturated rings. The summed E-state index contributed by atoms with van der Waals surface area (Å²) >= 11 is 3.54. The predicted octanol–water partition coefficient (Wildman–Crippen LogP) is 3.08. The van der Waals surface area contributed by atoms with Crippen molar-refractivity contribution in [3.05, 3.63) is 22.3 Å². The van der Waals surface area contributed by atoms with Gasteiger partial charge in [0.1, 0.15) is 5.82 Å². The van der Waals surface area contributed by atoms with Gasteiger partial charge in [0.15, 0.2) is 0 Å². The van der Waals surface area contributed by atoms with Crippen LogP contribution >= 0.6 is 15.9 Å². The molecule has 70 valence electrons. The van der Waals surface area contributed by atoms with Gasteiger partial charge in [-0.2, -0.15) is 0 Å². The number of nitrogens with zero attached hydrogens (tertiary/aromatic N) is 1. The summed E-state index contributed by atoms with van der Waals surface area (Å²) in [5.74, 6) is 1.32. The van der Waals surface area contributed by atoms with E-state index in [9.17, 15) is 0 Å². The molecule has 0 aromatic carbocycles. The minimum Gasteiger partial charge on any atom is -0.383 e. The summed E-state index contributed by atoms with van der Waals surface area (Å²) in [5.41, 5.74) is 7.08. The van der Waals surface area contributed by atoms with Gasteiger partial charge >= 0.3 is 0 Å². The van der Waals surface area contributed by atoms with Gasteiger partial charge in [-0.3, -0.25) is 0 Å². The van der Waals surface area contributed by atoms with Gasteiger partial charge in [0.2, 0.25) is 0 Å². The lowest BCUT2D eigenvalue weighted by Crippen LogP contribution is -2.02. The molecule has 0 radical (unpaired) electrons. The maximum Gasteiger partial charge on any atom is 0.127 e. The Morgan fingerprint density at radius 1 is 1.38 bits per heavy atom. The fourth-order valence-electron chi connectivity index (χ4n) is 2.08. The second kappa shape index (κ2) is 3.66. The molecule has 3 heteroatoms. The Kier molecular flexibility index (Phi) is 2.54. The lowest BCUT2D eigenvalue weighted by Gasteiger charge is -2.13. The van der Waals surface area contributed by atoms with Crippen LogP contribution in [0, 0.1) is 0 Å². The third-order valence-electron chi connectivity index (χ3n) is 2.73. The standard InChI is InChI=1S/C10H13BrN2/c11-8-5-6-13-10(12)9(8)7-3-1-2-4-7/h5-7H,1-4H2,(H2,12,13). The molecule has 1 aliphatic carbocycles. The lowest BCUT2D eigenvalue weighted by atomic mass is 9.98. The van der Waals surface area contributed by atoms with Crippen molar-refractivity contribution in [2.24, 2.45) is 0 Å². The normalized spacial score (nSPS) is 17.9. The van der Waals surface area contributed by atoms with Crippen molar-refractivity contribution in [3.8, 4) is 0 Å². The molecule has 2 rings (SSSR count). The summed E-state index contributed by atoms with van der Waals surface area (Å²) in [4.78, 5) is 4.13. The van der Waals surface area contributed by atoms with Crippen LogP contribution in [0.15, 0.2) is 16.7 Å². The van der Waals surface area contributed by atoms with Crippen LogP contribution in [0.3, 0.4) is 0 Å². The number of hydrogen-bond acceptors (Lipinski definition) is 2. The Hall–Kier alpha value is -0.570. The number of hydrogen-bond donors (Lipinski definition) is 1. The van der Waals surface area contributed by atoms with E-state index in [1.807, 2.05) is 6.07 Å². The first-order chi connectivity index (χ1) is 6.29. The third kappa shape index (κ3) is 1.70. The maximum atomic E-state index is 5.86. The summed E-state index contributed by atoms with van der Waals surface area (Å²) in [6.45, 7) is 0. The molecule has 0 saturated heterocycles. The average molecular weight is 241 g/mol. The quantitative estimate of drug-likeness (QED) is 0.820. The van der Waals surface area contributed by atoms with Gasteiger partial charge in [-0.1, -0.05) is 28.8 Å². The molecule has 0 unspecified atom stereocenters. The van der Waals surface area contributed by atoms with Crippen molar-refractivity contribution >= 4 is 21.7 Å². The van der Waals surface area contributed by atoms with Crippen molar-refractivity contribution in [1.29, 1.82) is 0 Å². The van der Waals surface area contributed by atoms with Gasteiger partial charge in [0.05, 0.1) is 0 Å². The van der Waals surface area contributed by atoms with Crippen molar-refractivity contribution in [1.82, 2.24) is 4.98 Å². The molecule has 0 atom stereocenters. The fraction of sp³-hybridized carbons (Fsp3) is 0.500. The van der Waals surface area contributed by atoms with Crippen LogP contribution in [0.25, 0.3) is 0 Å². The zero-order valence-corrected chi connectivity index (χ0v) is 9.05. The molecule has 13 heavy (non-hydrogen) atoms. The molecule has 0 spiro atoms. The molecular formula is C10H13BrN2. The van der Waals surface area contributed by atoms with Crippen molar-refractivity contribution in [2.75, 3.05) is 5.73 Å². The highest BCUT2D eigenvalue weighted by atomic mass is 79.9. The Bertz CT molecular complexity index is 286. The van der Waals surface area contributed by atoms with E-state index in [2.05, 4.69) is 20.9 Å². The monoisotopic (exact) mass is 240 g/mol. The second-order valence-corrected chi connectivity index (χ2v) is 4.43. The van der Waals surface area contributed by atoms with Gasteiger partial charge < -0.3 is 5.73 Å². The summed E-state index contributed by atoms with van der Waals surface area (Å²) in [6, 6.07) is 1.98. The fourth-order valence-corrected chi connectivity index (χ4v) is 2.73. The number of anilines is 1. The number of halogens is 1. The van der Waals surface area contributed by atoms with Crippen LogP contribution < -0.4 is 5.73 Å². The van der Waals surface area contributed by atoms with Crippen molar-refractivity contribution < 1.29 is 0 Å². The third-order valence-corrected chi connectivity index (χ3v) is 3.42. The van der Waals surface area contributed by atoms with Gasteiger partial charge in [0.25, 0.3) is 0 Å². The molecular weight excluding hydrogens is 228 g/mol. The topological polar surface area (TPSA) is 38.9 Å². The minimum absolute atomic E-state index is 0.628. The molecule has 2 nitrogen and oxygen atoms in total. The van der Waals surface area contributed by atoms with Crippen LogP contribution in [0.5, 0.6) is 0 Å². The Morgan fingerprint density at radius 3 is 2.69 bits per heavy atom. The molecule has 2 N–H and O–H groups in total. The van der Waals surface area contributed by atoms with Crippen LogP contribution in [0.1, 0.15) is 37.2 Å². The molecule has 0 aliphatic heterocycles. The molecule has 1 heterocycles. The summed E-state index contributed by atoms with van der Waals surface area (Å²) in [7, 11) is 0. The lowest BCUT2D eigenvalue weighted by molar-refractivity contribution is 0.719. The highest BCUT2D eigenvalue weighted by molar-refractivity contribution is 9.10. The molecule has 1 aliphatic rings. The van der Waals surface area contributed by atoms with Gasteiger partial charge in [-0.05, 0) is 24.8 Å². The van der Waals surface area contributed by atoms with Crippen LogP contribution in [-0.2, 0) is 0 Å². The van der Waals surface area contributed by atoms with E-state index in [4.69, 9.17) is 5.73 Å². The Balaban J connectivity index is 2.37. The minimum atomic E-state index is 0.628. The van der Waals surface area contributed by atoms with E-state index in [-0.39, 0.29) is 0 Å². The zero-order chi connectivity index (χ0) is 9.26. The van der Waals surface area contributed by atoms with E-state index in [0.29, 0.717) is 11.7 Å². The average Bonchev–Trinajstić information content (AvgIpc) is 2.57. The molecule has 0 bridgehead atoms. The number of pyridine rings is 1. The molecule has 1 saturated carbocycles. The van der Waals surface area contributed by atoms with E-state index >= 15 is 0 Å². The van der Waals surface area contributed by atoms with Crippen LogP contribution in [0.2, 0.25) is 0 Å². The summed E-state index contributed by atoms with van der Waals surface area (Å²) in [6.07, 6.45) is 6.91. The summed E-state index contributed by atoms with van der Waals surface area (Å²) in [5, 5.41) is 0. The van der Waals surface area contributed by atoms with E-state index in [1.54, 1.807) is 6.20 Å². The summed E-state index contributed by atoms with van der Waals surface area (Å²) < 4.78 is 1.12. The van der Waals surface area contributed by atoms with E-state index in [0.717, 1.165) is 4.47 Å². The Labute approximate surface area is 86.7 Å². The van der Waals surface area contributed by atoms with Gasteiger partial charge in [-0.25, -0.2) is 4.98 Å².